The molecule has 0 radical (unpaired) electrons. The van der Waals surface area contributed by atoms with Gasteiger partial charge in [-0.3, -0.25) is 4.79 Å². The molecule has 0 spiro atoms. The lowest BCUT2D eigenvalue weighted by molar-refractivity contribution is -0.118. The number of anilines is 1. The minimum atomic E-state index is -2.87. The van der Waals surface area contributed by atoms with Gasteiger partial charge in [0, 0.05) is 5.69 Å². The molecule has 0 aliphatic heterocycles. The molecule has 1 N–H and O–H groups in total. The number of alkyl halides is 2. The Balaban J connectivity index is 1.88. The van der Waals surface area contributed by atoms with Gasteiger partial charge >= 0.3 is 6.61 Å². The number of amides is 1. The van der Waals surface area contributed by atoms with Crippen LogP contribution in [0.3, 0.4) is 0 Å². The summed E-state index contributed by atoms with van der Waals surface area (Å²) in [6.07, 6.45) is 0. The Morgan fingerprint density at radius 3 is 2.48 bits per heavy atom. The second kappa shape index (κ2) is 7.58. The van der Waals surface area contributed by atoms with E-state index in [-0.39, 0.29) is 18.3 Å². The van der Waals surface area contributed by atoms with E-state index in [0.29, 0.717) is 11.4 Å². The number of hydrogen-bond donors (Lipinski definition) is 1. The van der Waals surface area contributed by atoms with Gasteiger partial charge in [-0.2, -0.15) is 8.78 Å². The van der Waals surface area contributed by atoms with Gasteiger partial charge in [0.2, 0.25) is 0 Å². The van der Waals surface area contributed by atoms with Crippen LogP contribution in [-0.2, 0) is 4.79 Å². The summed E-state index contributed by atoms with van der Waals surface area (Å²) in [7, 11) is 0. The molecular weight excluding hydrogens is 304 g/mol. The standard InChI is InChI=1S/C17H17F2NO3/c1-11-3-4-12(2)15(9-11)22-10-16(21)20-13-5-7-14(8-6-13)23-17(18)19/h3-9,17H,10H2,1-2H3,(H,20,21). The number of carbonyl (C=O) groups excluding carboxylic acids is 1. The fraction of sp³-hybridized carbons (Fsp3) is 0.235. The van der Waals surface area contributed by atoms with Crippen LogP contribution in [-0.4, -0.2) is 19.1 Å². The van der Waals surface area contributed by atoms with Crippen LogP contribution in [0.25, 0.3) is 0 Å². The zero-order valence-electron chi connectivity index (χ0n) is 12.8. The summed E-state index contributed by atoms with van der Waals surface area (Å²) in [4.78, 5) is 11.9. The molecule has 0 aliphatic rings. The summed E-state index contributed by atoms with van der Waals surface area (Å²) in [6.45, 7) is 0.824. The van der Waals surface area contributed by atoms with Crippen molar-refractivity contribution >= 4 is 11.6 Å². The molecule has 1 amide bonds. The van der Waals surface area contributed by atoms with E-state index in [0.717, 1.165) is 11.1 Å². The Bertz CT molecular complexity index is 672. The normalized spacial score (nSPS) is 10.5. The maximum Gasteiger partial charge on any atom is 0.387 e. The van der Waals surface area contributed by atoms with E-state index < -0.39 is 6.61 Å². The first kappa shape index (κ1) is 16.7. The molecule has 122 valence electrons. The number of halogens is 2. The summed E-state index contributed by atoms with van der Waals surface area (Å²) in [5.74, 6) is 0.346. The molecule has 2 aromatic carbocycles. The van der Waals surface area contributed by atoms with Gasteiger partial charge in [-0.05, 0) is 55.3 Å². The summed E-state index contributed by atoms with van der Waals surface area (Å²) in [5.41, 5.74) is 2.46. The molecule has 0 saturated heterocycles. The van der Waals surface area contributed by atoms with Crippen molar-refractivity contribution in [2.75, 3.05) is 11.9 Å². The second-order valence-electron chi connectivity index (χ2n) is 5.01. The lowest BCUT2D eigenvalue weighted by Crippen LogP contribution is -2.20. The zero-order valence-corrected chi connectivity index (χ0v) is 12.8. The summed E-state index contributed by atoms with van der Waals surface area (Å²) < 4.78 is 33.8. The van der Waals surface area contributed by atoms with Crippen molar-refractivity contribution in [2.45, 2.75) is 20.5 Å². The van der Waals surface area contributed by atoms with Gasteiger partial charge in [0.05, 0.1) is 0 Å². The average molecular weight is 321 g/mol. The summed E-state index contributed by atoms with van der Waals surface area (Å²) in [6, 6.07) is 11.4. The largest absolute Gasteiger partial charge is 0.483 e. The van der Waals surface area contributed by atoms with Crippen LogP contribution in [0.5, 0.6) is 11.5 Å². The molecule has 0 aliphatic carbocycles. The van der Waals surface area contributed by atoms with E-state index in [9.17, 15) is 13.6 Å². The third-order valence-corrected chi connectivity index (χ3v) is 3.07. The Hall–Kier alpha value is -2.63. The van der Waals surface area contributed by atoms with E-state index in [1.807, 2.05) is 32.0 Å². The SMILES string of the molecule is Cc1ccc(C)c(OCC(=O)Nc2ccc(OC(F)F)cc2)c1. The molecule has 0 bridgehead atoms. The highest BCUT2D eigenvalue weighted by atomic mass is 19.3. The van der Waals surface area contributed by atoms with Gasteiger partial charge in [0.25, 0.3) is 5.91 Å². The Kier molecular flexibility index (Phi) is 5.51. The molecule has 0 fully saturated rings. The number of rotatable bonds is 6. The Labute approximate surface area is 133 Å². The van der Waals surface area contributed by atoms with Crippen molar-refractivity contribution in [3.8, 4) is 11.5 Å². The van der Waals surface area contributed by atoms with Crippen molar-refractivity contribution in [1.82, 2.24) is 0 Å². The Morgan fingerprint density at radius 2 is 1.83 bits per heavy atom. The van der Waals surface area contributed by atoms with Crippen LogP contribution in [0.4, 0.5) is 14.5 Å². The van der Waals surface area contributed by atoms with Crippen molar-refractivity contribution in [1.29, 1.82) is 0 Å². The highest BCUT2D eigenvalue weighted by Gasteiger charge is 2.07. The average Bonchev–Trinajstić information content (AvgIpc) is 2.50. The molecule has 0 atom stereocenters. The number of ether oxygens (including phenoxy) is 2. The van der Waals surface area contributed by atoms with Crippen molar-refractivity contribution < 1.29 is 23.0 Å². The predicted molar refractivity (Wildman–Crippen MR) is 83.1 cm³/mol. The topological polar surface area (TPSA) is 47.6 Å². The highest BCUT2D eigenvalue weighted by molar-refractivity contribution is 5.91. The quantitative estimate of drug-likeness (QED) is 0.877. The molecule has 2 aromatic rings. The van der Waals surface area contributed by atoms with Gasteiger partial charge in [-0.1, -0.05) is 12.1 Å². The number of benzene rings is 2. The van der Waals surface area contributed by atoms with Crippen LogP contribution < -0.4 is 14.8 Å². The third-order valence-electron chi connectivity index (χ3n) is 3.07. The highest BCUT2D eigenvalue weighted by Crippen LogP contribution is 2.20. The van der Waals surface area contributed by atoms with E-state index in [1.54, 1.807) is 0 Å². The summed E-state index contributed by atoms with van der Waals surface area (Å²) in [5, 5.41) is 2.62. The smallest absolute Gasteiger partial charge is 0.387 e. The molecule has 0 aromatic heterocycles. The monoisotopic (exact) mass is 321 g/mol. The first-order valence-corrected chi connectivity index (χ1v) is 6.99. The molecule has 6 heteroatoms. The van der Waals surface area contributed by atoms with Crippen molar-refractivity contribution in [3.05, 3.63) is 53.6 Å². The van der Waals surface area contributed by atoms with E-state index in [1.165, 1.54) is 24.3 Å². The lowest BCUT2D eigenvalue weighted by Gasteiger charge is -2.11. The Morgan fingerprint density at radius 1 is 1.13 bits per heavy atom. The van der Waals surface area contributed by atoms with Crippen LogP contribution in [0.15, 0.2) is 42.5 Å². The lowest BCUT2D eigenvalue weighted by atomic mass is 10.1. The first-order valence-electron chi connectivity index (χ1n) is 6.99. The van der Waals surface area contributed by atoms with Gasteiger partial charge in [-0.15, -0.1) is 0 Å². The molecule has 0 unspecified atom stereocenters. The number of carbonyl (C=O) groups is 1. The maximum atomic E-state index is 12.0. The van der Waals surface area contributed by atoms with Crippen LogP contribution in [0.1, 0.15) is 11.1 Å². The third kappa shape index (κ3) is 5.25. The number of nitrogens with one attached hydrogen (secondary N) is 1. The second-order valence-corrected chi connectivity index (χ2v) is 5.01. The number of hydrogen-bond acceptors (Lipinski definition) is 3. The molecule has 4 nitrogen and oxygen atoms in total. The fourth-order valence-electron chi connectivity index (χ4n) is 1.92. The van der Waals surface area contributed by atoms with Crippen molar-refractivity contribution in [2.24, 2.45) is 0 Å². The molecule has 23 heavy (non-hydrogen) atoms. The molecule has 2 rings (SSSR count). The van der Waals surface area contributed by atoms with Gasteiger partial charge < -0.3 is 14.8 Å². The van der Waals surface area contributed by atoms with Gasteiger partial charge in [0.1, 0.15) is 11.5 Å². The fourth-order valence-corrected chi connectivity index (χ4v) is 1.92. The zero-order chi connectivity index (χ0) is 16.8. The first-order chi connectivity index (χ1) is 10.9. The predicted octanol–water partition coefficient (Wildman–Crippen LogP) is 3.92. The van der Waals surface area contributed by atoms with E-state index >= 15 is 0 Å². The van der Waals surface area contributed by atoms with E-state index in [2.05, 4.69) is 10.1 Å². The minimum Gasteiger partial charge on any atom is -0.483 e. The van der Waals surface area contributed by atoms with Gasteiger partial charge in [0.15, 0.2) is 6.61 Å². The minimum absolute atomic E-state index is 0.0321. The molecule has 0 saturated carbocycles. The van der Waals surface area contributed by atoms with Crippen LogP contribution >= 0.6 is 0 Å². The molecule has 0 heterocycles. The number of aryl methyl sites for hydroxylation is 2. The van der Waals surface area contributed by atoms with Crippen molar-refractivity contribution in [3.63, 3.8) is 0 Å². The summed E-state index contributed by atoms with van der Waals surface area (Å²) >= 11 is 0. The molecular formula is C17H17F2NO3. The van der Waals surface area contributed by atoms with Gasteiger partial charge in [-0.25, -0.2) is 0 Å². The maximum absolute atomic E-state index is 12.0. The van der Waals surface area contributed by atoms with E-state index in [4.69, 9.17) is 4.74 Å². The van der Waals surface area contributed by atoms with Crippen LogP contribution in [0.2, 0.25) is 0 Å². The van der Waals surface area contributed by atoms with Crippen LogP contribution in [0, 0.1) is 13.8 Å².